The van der Waals surface area contributed by atoms with Crippen molar-refractivity contribution in [2.75, 3.05) is 0 Å². The van der Waals surface area contributed by atoms with Gasteiger partial charge in [-0.3, -0.25) is 0 Å². The van der Waals surface area contributed by atoms with Crippen molar-refractivity contribution in [1.82, 2.24) is 9.80 Å². The van der Waals surface area contributed by atoms with Gasteiger partial charge in [0.2, 0.25) is 6.67 Å². The van der Waals surface area contributed by atoms with Gasteiger partial charge < -0.3 is 9.80 Å². The molecule has 0 unspecified atom stereocenters. The standard InChI is InChI=1S/C19H19N2/c1-16(18-9-5-3-6-10-18)20-13-14-21(15-20)17(2)19-11-7-4-8-12-19/h3,5-14,16-17H,1-2H3/t16-,17-/m0/s1. The fourth-order valence-corrected chi connectivity index (χ4v) is 2.51. The lowest BCUT2D eigenvalue weighted by Crippen LogP contribution is -2.24. The number of rotatable bonds is 4. The Morgan fingerprint density at radius 2 is 1.29 bits per heavy atom. The molecule has 3 rings (SSSR count). The predicted molar refractivity (Wildman–Crippen MR) is 84.6 cm³/mol. The molecule has 0 fully saturated rings. The van der Waals surface area contributed by atoms with Gasteiger partial charge in [-0.25, -0.2) is 0 Å². The zero-order chi connectivity index (χ0) is 14.7. The maximum Gasteiger partial charge on any atom is 0.208 e. The smallest absolute Gasteiger partial charge is 0.208 e. The van der Waals surface area contributed by atoms with Gasteiger partial charge in [0.25, 0.3) is 0 Å². The van der Waals surface area contributed by atoms with Gasteiger partial charge in [-0.15, -0.1) is 0 Å². The number of hydrogen-bond donors (Lipinski definition) is 0. The molecular formula is C19H19N2. The maximum atomic E-state index is 3.43. The fourth-order valence-electron chi connectivity index (χ4n) is 2.51. The van der Waals surface area contributed by atoms with Gasteiger partial charge in [0.15, 0.2) is 0 Å². The molecule has 0 N–H and O–H groups in total. The average Bonchev–Trinajstić information content (AvgIpc) is 3.05. The van der Waals surface area contributed by atoms with E-state index < -0.39 is 0 Å². The van der Waals surface area contributed by atoms with E-state index >= 15 is 0 Å². The van der Waals surface area contributed by atoms with Crippen LogP contribution in [0.25, 0.3) is 0 Å². The molecule has 0 bridgehead atoms. The zero-order valence-electron chi connectivity index (χ0n) is 12.4. The topological polar surface area (TPSA) is 6.48 Å². The number of nitrogens with zero attached hydrogens (tertiary/aromatic N) is 2. The molecule has 105 valence electrons. The van der Waals surface area contributed by atoms with Crippen molar-refractivity contribution in [1.29, 1.82) is 0 Å². The molecule has 0 spiro atoms. The van der Waals surface area contributed by atoms with Crippen LogP contribution in [-0.4, -0.2) is 9.80 Å². The van der Waals surface area contributed by atoms with E-state index in [4.69, 9.17) is 0 Å². The van der Waals surface area contributed by atoms with Gasteiger partial charge in [-0.1, -0.05) is 54.6 Å². The van der Waals surface area contributed by atoms with Crippen LogP contribution in [0.2, 0.25) is 0 Å². The summed E-state index contributed by atoms with van der Waals surface area (Å²) in [5.41, 5.74) is 2.55. The second-order valence-electron chi connectivity index (χ2n) is 5.31. The summed E-state index contributed by atoms with van der Waals surface area (Å²) >= 11 is 0. The molecule has 2 nitrogen and oxygen atoms in total. The highest BCUT2D eigenvalue weighted by Crippen LogP contribution is 2.31. The van der Waals surface area contributed by atoms with Gasteiger partial charge in [-0.2, -0.15) is 0 Å². The largest absolute Gasteiger partial charge is 0.339 e. The highest BCUT2D eigenvalue weighted by Gasteiger charge is 2.24. The summed E-state index contributed by atoms with van der Waals surface area (Å²) in [4.78, 5) is 4.25. The molecule has 0 saturated heterocycles. The molecule has 0 aliphatic carbocycles. The highest BCUT2D eigenvalue weighted by atomic mass is 15.4. The zero-order valence-corrected chi connectivity index (χ0v) is 12.4. The van der Waals surface area contributed by atoms with Gasteiger partial charge >= 0.3 is 0 Å². The summed E-state index contributed by atoms with van der Waals surface area (Å²) in [5, 5.41) is 0. The van der Waals surface area contributed by atoms with Crippen molar-refractivity contribution < 1.29 is 0 Å². The predicted octanol–water partition coefficient (Wildman–Crippen LogP) is 4.39. The molecule has 1 aliphatic rings. The third kappa shape index (κ3) is 2.94. The van der Waals surface area contributed by atoms with E-state index in [1.165, 1.54) is 11.1 Å². The number of benzene rings is 2. The van der Waals surface area contributed by atoms with Crippen LogP contribution in [0.3, 0.4) is 0 Å². The Kier molecular flexibility index (Phi) is 3.96. The maximum absolute atomic E-state index is 3.43. The van der Waals surface area contributed by atoms with Gasteiger partial charge in [-0.05, 0) is 31.0 Å². The molecule has 2 atom stereocenters. The Bertz CT molecular complexity index is 538. The van der Waals surface area contributed by atoms with Crippen LogP contribution < -0.4 is 0 Å². The summed E-state index contributed by atoms with van der Waals surface area (Å²) < 4.78 is 0. The lowest BCUT2D eigenvalue weighted by molar-refractivity contribution is 0.259. The molecule has 1 heterocycles. The fraction of sp³-hybridized carbons (Fsp3) is 0.211. The van der Waals surface area contributed by atoms with Gasteiger partial charge in [0, 0.05) is 12.4 Å². The molecule has 0 amide bonds. The quantitative estimate of drug-likeness (QED) is 0.816. The normalized spacial score (nSPS) is 17.0. The van der Waals surface area contributed by atoms with E-state index in [2.05, 4.69) is 85.2 Å². The lowest BCUT2D eigenvalue weighted by atomic mass is 10.1. The molecule has 1 aliphatic heterocycles. The third-order valence-electron chi connectivity index (χ3n) is 3.96. The Morgan fingerprint density at radius 1 is 0.762 bits per heavy atom. The van der Waals surface area contributed by atoms with Crippen molar-refractivity contribution in [2.24, 2.45) is 0 Å². The monoisotopic (exact) mass is 275 g/mol. The van der Waals surface area contributed by atoms with Crippen molar-refractivity contribution in [2.45, 2.75) is 25.9 Å². The van der Waals surface area contributed by atoms with Crippen LogP contribution in [0, 0.1) is 12.7 Å². The van der Waals surface area contributed by atoms with E-state index in [0.717, 1.165) is 0 Å². The lowest BCUT2D eigenvalue weighted by Gasteiger charge is -2.28. The van der Waals surface area contributed by atoms with E-state index in [1.54, 1.807) is 0 Å². The molecular weight excluding hydrogens is 256 g/mol. The minimum absolute atomic E-state index is 0.267. The van der Waals surface area contributed by atoms with Crippen LogP contribution in [0.5, 0.6) is 0 Å². The molecule has 2 aromatic rings. The van der Waals surface area contributed by atoms with Crippen molar-refractivity contribution in [3.8, 4) is 0 Å². The van der Waals surface area contributed by atoms with E-state index in [-0.39, 0.29) is 12.1 Å². The van der Waals surface area contributed by atoms with Gasteiger partial charge in [0.05, 0.1) is 12.1 Å². The Labute approximate surface area is 127 Å². The Hall–Kier alpha value is -2.22. The minimum atomic E-state index is 0.267. The second kappa shape index (κ2) is 6.04. The molecule has 3 radical (unpaired) electrons. The van der Waals surface area contributed by atoms with E-state index in [0.29, 0.717) is 0 Å². The molecule has 2 aromatic carbocycles. The van der Waals surface area contributed by atoms with Crippen molar-refractivity contribution in [3.05, 3.63) is 90.9 Å². The van der Waals surface area contributed by atoms with E-state index in [1.807, 2.05) is 18.2 Å². The number of hydrogen-bond acceptors (Lipinski definition) is 2. The summed E-state index contributed by atoms with van der Waals surface area (Å²) in [6.07, 6.45) is 4.17. The summed E-state index contributed by atoms with van der Waals surface area (Å²) in [6.45, 7) is 7.81. The van der Waals surface area contributed by atoms with E-state index in [9.17, 15) is 0 Å². The first-order valence-electron chi connectivity index (χ1n) is 7.28. The summed E-state index contributed by atoms with van der Waals surface area (Å²) in [6, 6.07) is 22.2. The first-order valence-corrected chi connectivity index (χ1v) is 7.28. The van der Waals surface area contributed by atoms with Crippen molar-refractivity contribution in [3.63, 3.8) is 0 Å². The molecule has 2 heteroatoms. The molecule has 21 heavy (non-hydrogen) atoms. The Morgan fingerprint density at radius 3 is 1.86 bits per heavy atom. The Balaban J connectivity index is 1.68. The SMILES string of the molecule is C[C@@H](c1cc[c]cc1)N1[C]N([C@@H](C)c2ccccc2)C=C1. The highest BCUT2D eigenvalue weighted by molar-refractivity contribution is 5.22. The van der Waals surface area contributed by atoms with Crippen LogP contribution in [-0.2, 0) is 0 Å². The second-order valence-corrected chi connectivity index (χ2v) is 5.31. The molecule has 0 aromatic heterocycles. The van der Waals surface area contributed by atoms with Gasteiger partial charge in [0.1, 0.15) is 0 Å². The average molecular weight is 275 g/mol. The molecule has 0 saturated carbocycles. The summed E-state index contributed by atoms with van der Waals surface area (Å²) in [7, 11) is 0. The van der Waals surface area contributed by atoms with Crippen LogP contribution in [0.4, 0.5) is 0 Å². The minimum Gasteiger partial charge on any atom is -0.339 e. The third-order valence-corrected chi connectivity index (χ3v) is 3.96. The first-order chi connectivity index (χ1) is 10.3. The van der Waals surface area contributed by atoms with Crippen LogP contribution in [0.1, 0.15) is 37.1 Å². The van der Waals surface area contributed by atoms with Crippen molar-refractivity contribution >= 4 is 0 Å². The first kappa shape index (κ1) is 13.7. The van der Waals surface area contributed by atoms with Crippen LogP contribution in [0.15, 0.2) is 67.0 Å². The van der Waals surface area contributed by atoms with Crippen LogP contribution >= 0.6 is 0 Å². The summed E-state index contributed by atoms with van der Waals surface area (Å²) in [5.74, 6) is 0.